The van der Waals surface area contributed by atoms with Gasteiger partial charge < -0.3 is 14.9 Å². The fourth-order valence-electron chi connectivity index (χ4n) is 9.79. The number of hydrogen-bond acceptors (Lipinski definition) is 3. The highest BCUT2D eigenvalue weighted by atomic mass is 16.5. The summed E-state index contributed by atoms with van der Waals surface area (Å²) in [5.41, 5.74) is 0.927. The number of aliphatic hydroxyl groups excluding tert-OH is 2. The maximum absolute atomic E-state index is 10.3. The smallest absolute Gasteiger partial charge is 0.0618 e. The van der Waals surface area contributed by atoms with E-state index in [-0.39, 0.29) is 6.10 Å². The monoisotopic (exact) mass is 418 g/mol. The molecule has 5 rings (SSSR count). The summed E-state index contributed by atoms with van der Waals surface area (Å²) in [4.78, 5) is 0. The van der Waals surface area contributed by atoms with Gasteiger partial charge >= 0.3 is 0 Å². The molecule has 12 atom stereocenters. The van der Waals surface area contributed by atoms with Gasteiger partial charge in [0.05, 0.1) is 18.3 Å². The molecule has 0 amide bonds. The van der Waals surface area contributed by atoms with E-state index in [2.05, 4.69) is 27.7 Å². The van der Waals surface area contributed by atoms with Crippen molar-refractivity contribution >= 4 is 0 Å². The zero-order chi connectivity index (χ0) is 21.3. The van der Waals surface area contributed by atoms with Crippen molar-refractivity contribution in [2.45, 2.75) is 110 Å². The Morgan fingerprint density at radius 3 is 2.53 bits per heavy atom. The van der Waals surface area contributed by atoms with Crippen LogP contribution >= 0.6 is 0 Å². The third kappa shape index (κ3) is 3.16. The van der Waals surface area contributed by atoms with E-state index in [1.807, 2.05) is 0 Å². The number of rotatable bonds is 4. The van der Waals surface area contributed by atoms with E-state index < -0.39 is 0 Å². The van der Waals surface area contributed by atoms with E-state index in [1.165, 1.54) is 38.5 Å². The first-order valence-corrected chi connectivity index (χ1v) is 13.2. The Balaban J connectivity index is 1.32. The summed E-state index contributed by atoms with van der Waals surface area (Å²) in [6, 6.07) is 0. The second-order valence-electron chi connectivity index (χ2n) is 12.8. The molecule has 0 aromatic rings. The first-order chi connectivity index (χ1) is 14.3. The first-order valence-electron chi connectivity index (χ1n) is 13.2. The lowest BCUT2D eigenvalue weighted by Gasteiger charge is -2.61. The number of fused-ring (bicyclic) bond motifs is 7. The normalized spacial score (nSPS) is 56.0. The van der Waals surface area contributed by atoms with Gasteiger partial charge in [-0.05, 0) is 116 Å². The van der Waals surface area contributed by atoms with Gasteiger partial charge in [0.15, 0.2) is 0 Å². The molecule has 1 heterocycles. The average Bonchev–Trinajstić information content (AvgIpc) is 3.20. The van der Waals surface area contributed by atoms with Gasteiger partial charge in [-0.3, -0.25) is 0 Å². The summed E-state index contributed by atoms with van der Waals surface area (Å²) >= 11 is 0. The lowest BCUT2D eigenvalue weighted by atomic mass is 9.44. The van der Waals surface area contributed by atoms with Crippen LogP contribution in [0.4, 0.5) is 0 Å². The average molecular weight is 419 g/mol. The van der Waals surface area contributed by atoms with Crippen LogP contribution in [0.3, 0.4) is 0 Å². The van der Waals surface area contributed by atoms with Crippen molar-refractivity contribution in [3.8, 4) is 0 Å². The van der Waals surface area contributed by atoms with Crippen LogP contribution in [0, 0.1) is 52.3 Å². The maximum atomic E-state index is 10.3. The fourth-order valence-corrected chi connectivity index (χ4v) is 9.79. The van der Waals surface area contributed by atoms with Gasteiger partial charge in [0, 0.05) is 6.61 Å². The fraction of sp³-hybridized carbons (Fsp3) is 1.00. The molecule has 5 fully saturated rings. The van der Waals surface area contributed by atoms with Crippen molar-refractivity contribution in [3.63, 3.8) is 0 Å². The van der Waals surface area contributed by atoms with Crippen LogP contribution < -0.4 is 0 Å². The van der Waals surface area contributed by atoms with E-state index in [4.69, 9.17) is 4.74 Å². The standard InChI is InChI=1S/C27H46O3/c1-16(15-28)5-8-23-17(2)25-24(30-23)14-22-20-7-6-18-13-19(29)9-11-26(18,3)21(20)10-12-27(22,25)4/h16-25,28-29H,5-15H2,1-4H3/t16-,17+,18+,19-,20+,21-,22-,23?,24?,25?,26-,27-/m0/s1. The van der Waals surface area contributed by atoms with Crippen LogP contribution in [-0.2, 0) is 4.74 Å². The molecule has 0 aromatic heterocycles. The zero-order valence-corrected chi connectivity index (χ0v) is 19.9. The van der Waals surface area contributed by atoms with Gasteiger partial charge in [0.1, 0.15) is 0 Å². The van der Waals surface area contributed by atoms with Gasteiger partial charge in [0.2, 0.25) is 0 Å². The summed E-state index contributed by atoms with van der Waals surface area (Å²) in [6.45, 7) is 10.2. The van der Waals surface area contributed by atoms with Crippen molar-refractivity contribution in [2.24, 2.45) is 52.3 Å². The number of ether oxygens (including phenoxy) is 1. The summed E-state index contributed by atoms with van der Waals surface area (Å²) < 4.78 is 6.76. The Labute approximate surface area is 184 Å². The molecule has 0 radical (unpaired) electrons. The van der Waals surface area contributed by atoms with Crippen LogP contribution in [0.2, 0.25) is 0 Å². The predicted molar refractivity (Wildman–Crippen MR) is 120 cm³/mol. The molecule has 0 aromatic carbocycles. The Hall–Kier alpha value is -0.120. The van der Waals surface area contributed by atoms with Gasteiger partial charge in [-0.1, -0.05) is 27.7 Å². The van der Waals surface area contributed by atoms with Gasteiger partial charge in [0.25, 0.3) is 0 Å². The molecule has 4 saturated carbocycles. The highest BCUT2D eigenvalue weighted by Gasteiger charge is 2.65. The second-order valence-corrected chi connectivity index (χ2v) is 12.8. The maximum Gasteiger partial charge on any atom is 0.0618 e. The second kappa shape index (κ2) is 7.73. The summed E-state index contributed by atoms with van der Waals surface area (Å²) in [6.07, 6.45) is 13.2. The Morgan fingerprint density at radius 2 is 1.77 bits per heavy atom. The third-order valence-electron chi connectivity index (χ3n) is 11.5. The van der Waals surface area contributed by atoms with Crippen LogP contribution in [0.15, 0.2) is 0 Å². The Morgan fingerprint density at radius 1 is 1.00 bits per heavy atom. The van der Waals surface area contributed by atoms with Gasteiger partial charge in [-0.25, -0.2) is 0 Å². The number of aliphatic hydroxyl groups is 2. The third-order valence-corrected chi connectivity index (χ3v) is 11.5. The summed E-state index contributed by atoms with van der Waals surface area (Å²) in [5, 5.41) is 19.7. The van der Waals surface area contributed by atoms with Crippen LogP contribution in [0.5, 0.6) is 0 Å². The van der Waals surface area contributed by atoms with Crippen molar-refractivity contribution in [1.82, 2.24) is 0 Å². The largest absolute Gasteiger partial charge is 0.396 e. The molecular weight excluding hydrogens is 372 g/mol. The molecule has 2 N–H and O–H groups in total. The lowest BCUT2D eigenvalue weighted by molar-refractivity contribution is -0.130. The van der Waals surface area contributed by atoms with E-state index >= 15 is 0 Å². The predicted octanol–water partition coefficient (Wildman–Crippen LogP) is 5.43. The SMILES string of the molecule is C[C@H](CO)CCC1OC2C[C@H]3[C@@H]4CC[C@@H]5C[C@@H](O)CC[C@]5(C)[C@H]4CC[C@]3(C)C2[C@@H]1C. The Bertz CT molecular complexity index is 636. The highest BCUT2D eigenvalue weighted by Crippen LogP contribution is 2.70. The van der Waals surface area contributed by atoms with Crippen LogP contribution in [0.1, 0.15) is 91.9 Å². The highest BCUT2D eigenvalue weighted by molar-refractivity contribution is 5.14. The minimum Gasteiger partial charge on any atom is -0.396 e. The Kier molecular flexibility index (Phi) is 5.60. The van der Waals surface area contributed by atoms with Crippen molar-refractivity contribution < 1.29 is 14.9 Å². The van der Waals surface area contributed by atoms with E-state index in [1.54, 1.807) is 0 Å². The van der Waals surface area contributed by atoms with Gasteiger partial charge in [-0.2, -0.15) is 0 Å². The molecule has 3 heteroatoms. The quantitative estimate of drug-likeness (QED) is 0.640. The van der Waals surface area contributed by atoms with E-state index in [0.29, 0.717) is 41.5 Å². The summed E-state index contributed by atoms with van der Waals surface area (Å²) in [5.74, 6) is 5.13. The lowest BCUT2D eigenvalue weighted by Crippen LogP contribution is -2.54. The van der Waals surface area contributed by atoms with Crippen molar-refractivity contribution in [2.75, 3.05) is 6.61 Å². The zero-order valence-electron chi connectivity index (χ0n) is 19.9. The first kappa shape index (κ1) is 21.7. The molecular formula is C27H46O3. The molecule has 3 unspecified atom stereocenters. The van der Waals surface area contributed by atoms with Crippen molar-refractivity contribution in [3.05, 3.63) is 0 Å². The number of hydrogen-bond donors (Lipinski definition) is 2. The molecule has 3 nitrogen and oxygen atoms in total. The molecule has 1 saturated heterocycles. The topological polar surface area (TPSA) is 49.7 Å². The molecule has 5 aliphatic rings. The van der Waals surface area contributed by atoms with E-state index in [9.17, 15) is 10.2 Å². The molecule has 172 valence electrons. The summed E-state index contributed by atoms with van der Waals surface area (Å²) in [7, 11) is 0. The molecule has 1 aliphatic heterocycles. The minimum atomic E-state index is -0.0425. The van der Waals surface area contributed by atoms with Gasteiger partial charge in [-0.15, -0.1) is 0 Å². The molecule has 4 aliphatic carbocycles. The molecule has 0 spiro atoms. The molecule has 0 bridgehead atoms. The van der Waals surface area contributed by atoms with Crippen molar-refractivity contribution in [1.29, 1.82) is 0 Å². The van der Waals surface area contributed by atoms with Crippen LogP contribution in [0.25, 0.3) is 0 Å². The van der Waals surface area contributed by atoms with Crippen LogP contribution in [-0.4, -0.2) is 35.1 Å². The van der Waals surface area contributed by atoms with E-state index in [0.717, 1.165) is 55.3 Å². The minimum absolute atomic E-state index is 0.0425. The molecule has 30 heavy (non-hydrogen) atoms.